The van der Waals surface area contributed by atoms with Crippen LogP contribution in [0.3, 0.4) is 0 Å². The number of hydrogen-bond donors (Lipinski definition) is 0. The van der Waals surface area contributed by atoms with Crippen molar-refractivity contribution in [2.24, 2.45) is 7.05 Å². The van der Waals surface area contributed by atoms with Gasteiger partial charge in [-0.15, -0.1) is 0 Å². The highest BCUT2D eigenvalue weighted by Crippen LogP contribution is 2.29. The number of imide groups is 1. The van der Waals surface area contributed by atoms with Crippen LogP contribution in [0.2, 0.25) is 0 Å². The Kier molecular flexibility index (Phi) is 2.58. The van der Waals surface area contributed by atoms with Crippen LogP contribution in [0.4, 0.5) is 10.2 Å². The number of aryl methyl sites for hydroxylation is 1. The van der Waals surface area contributed by atoms with Gasteiger partial charge in [0.1, 0.15) is 5.82 Å². The monoisotopic (exact) mass is 261 g/mol. The number of rotatable bonds is 1. The van der Waals surface area contributed by atoms with Gasteiger partial charge in [0.2, 0.25) is 11.8 Å². The van der Waals surface area contributed by atoms with Crippen LogP contribution < -0.4 is 4.90 Å². The molecule has 1 aromatic carbocycles. The van der Waals surface area contributed by atoms with Crippen LogP contribution in [-0.4, -0.2) is 21.6 Å². The minimum atomic E-state index is -0.418. The SMILES string of the molecule is Cn1nc(N2C(=O)CCCC2=O)c2cc(F)ccc21. The van der Waals surface area contributed by atoms with Gasteiger partial charge < -0.3 is 0 Å². The van der Waals surface area contributed by atoms with Crippen LogP contribution in [0.15, 0.2) is 18.2 Å². The molecule has 2 amide bonds. The number of aromatic nitrogens is 2. The zero-order valence-corrected chi connectivity index (χ0v) is 10.4. The molecule has 98 valence electrons. The highest BCUT2D eigenvalue weighted by Gasteiger charge is 2.31. The molecule has 0 unspecified atom stereocenters. The van der Waals surface area contributed by atoms with Crippen molar-refractivity contribution in [1.29, 1.82) is 0 Å². The fourth-order valence-electron chi connectivity index (χ4n) is 2.37. The van der Waals surface area contributed by atoms with Gasteiger partial charge in [0.25, 0.3) is 0 Å². The molecular weight excluding hydrogens is 249 g/mol. The van der Waals surface area contributed by atoms with Crippen LogP contribution >= 0.6 is 0 Å². The zero-order valence-electron chi connectivity index (χ0n) is 10.4. The van der Waals surface area contributed by atoms with Crippen LogP contribution in [0.1, 0.15) is 19.3 Å². The third-order valence-electron chi connectivity index (χ3n) is 3.28. The van der Waals surface area contributed by atoms with Crippen molar-refractivity contribution >= 4 is 28.5 Å². The summed E-state index contributed by atoms with van der Waals surface area (Å²) >= 11 is 0. The van der Waals surface area contributed by atoms with Crippen LogP contribution in [0.5, 0.6) is 0 Å². The summed E-state index contributed by atoms with van der Waals surface area (Å²) in [6.07, 6.45) is 1.20. The molecule has 5 nitrogen and oxygen atoms in total. The van der Waals surface area contributed by atoms with Crippen molar-refractivity contribution < 1.29 is 14.0 Å². The summed E-state index contributed by atoms with van der Waals surface area (Å²) in [6.45, 7) is 0. The van der Waals surface area contributed by atoms with Gasteiger partial charge in [-0.2, -0.15) is 5.10 Å². The average Bonchev–Trinajstić information content (AvgIpc) is 2.66. The summed E-state index contributed by atoms with van der Waals surface area (Å²) in [5.41, 5.74) is 0.683. The Hall–Kier alpha value is -2.24. The molecule has 1 aliphatic heterocycles. The molecule has 19 heavy (non-hydrogen) atoms. The normalized spacial score (nSPS) is 16.4. The lowest BCUT2D eigenvalue weighted by atomic mass is 10.1. The van der Waals surface area contributed by atoms with E-state index in [-0.39, 0.29) is 17.6 Å². The Morgan fingerprint density at radius 1 is 1.21 bits per heavy atom. The number of amides is 2. The molecule has 1 aliphatic rings. The number of anilines is 1. The second kappa shape index (κ2) is 4.15. The van der Waals surface area contributed by atoms with Crippen molar-refractivity contribution in [3.8, 4) is 0 Å². The minimum absolute atomic E-state index is 0.228. The number of fused-ring (bicyclic) bond motifs is 1. The quantitative estimate of drug-likeness (QED) is 0.735. The number of benzene rings is 1. The number of halogens is 1. The molecule has 2 heterocycles. The van der Waals surface area contributed by atoms with E-state index < -0.39 is 5.82 Å². The van der Waals surface area contributed by atoms with E-state index in [0.29, 0.717) is 30.2 Å². The lowest BCUT2D eigenvalue weighted by Crippen LogP contribution is -2.40. The summed E-state index contributed by atoms with van der Waals surface area (Å²) in [6, 6.07) is 4.21. The van der Waals surface area contributed by atoms with Crippen LogP contribution in [0.25, 0.3) is 10.9 Å². The van der Waals surface area contributed by atoms with E-state index in [1.54, 1.807) is 17.8 Å². The van der Waals surface area contributed by atoms with Crippen molar-refractivity contribution in [1.82, 2.24) is 9.78 Å². The Bertz CT molecular complexity index is 676. The number of carbonyl (C=O) groups is 2. The van der Waals surface area contributed by atoms with Gasteiger partial charge in [-0.1, -0.05) is 0 Å². The minimum Gasteiger partial charge on any atom is -0.274 e. The second-order valence-electron chi connectivity index (χ2n) is 4.59. The number of carbonyl (C=O) groups excluding carboxylic acids is 2. The molecule has 1 aromatic heterocycles. The maximum absolute atomic E-state index is 13.4. The van der Waals surface area contributed by atoms with Crippen molar-refractivity contribution in [2.45, 2.75) is 19.3 Å². The van der Waals surface area contributed by atoms with Gasteiger partial charge in [-0.05, 0) is 24.6 Å². The summed E-state index contributed by atoms with van der Waals surface area (Å²) in [4.78, 5) is 24.9. The van der Waals surface area contributed by atoms with E-state index in [4.69, 9.17) is 0 Å². The van der Waals surface area contributed by atoms with E-state index >= 15 is 0 Å². The average molecular weight is 261 g/mol. The van der Waals surface area contributed by atoms with Gasteiger partial charge in [0.05, 0.1) is 5.52 Å². The molecule has 0 radical (unpaired) electrons. The first-order chi connectivity index (χ1) is 9.08. The molecule has 0 N–H and O–H groups in total. The topological polar surface area (TPSA) is 55.2 Å². The highest BCUT2D eigenvalue weighted by atomic mass is 19.1. The van der Waals surface area contributed by atoms with Crippen LogP contribution in [0, 0.1) is 5.82 Å². The first-order valence-electron chi connectivity index (χ1n) is 6.06. The summed E-state index contributed by atoms with van der Waals surface area (Å²) in [7, 11) is 1.70. The molecule has 0 spiro atoms. The van der Waals surface area contributed by atoms with E-state index in [9.17, 15) is 14.0 Å². The molecule has 0 saturated carbocycles. The van der Waals surface area contributed by atoms with Gasteiger partial charge >= 0.3 is 0 Å². The van der Waals surface area contributed by atoms with E-state index in [1.165, 1.54) is 12.1 Å². The number of piperidine rings is 1. The van der Waals surface area contributed by atoms with E-state index in [2.05, 4.69) is 5.10 Å². The summed E-state index contributed by atoms with van der Waals surface area (Å²) in [5, 5.41) is 4.67. The first-order valence-corrected chi connectivity index (χ1v) is 6.06. The molecule has 3 rings (SSSR count). The van der Waals surface area contributed by atoms with E-state index in [0.717, 1.165) is 4.90 Å². The Balaban J connectivity index is 2.21. The maximum atomic E-state index is 13.4. The van der Waals surface area contributed by atoms with Crippen molar-refractivity contribution in [3.63, 3.8) is 0 Å². The van der Waals surface area contributed by atoms with E-state index in [1.807, 2.05) is 0 Å². The predicted molar refractivity (Wildman–Crippen MR) is 67.0 cm³/mol. The molecule has 0 atom stereocenters. The number of hydrogen-bond acceptors (Lipinski definition) is 3. The van der Waals surface area contributed by atoms with Crippen molar-refractivity contribution in [3.05, 3.63) is 24.0 Å². The standard InChI is InChI=1S/C13H12FN3O2/c1-16-10-6-5-8(14)7-9(10)13(15-16)17-11(18)3-2-4-12(17)19/h5-7H,2-4H2,1H3. The lowest BCUT2D eigenvalue weighted by molar-refractivity contribution is -0.129. The maximum Gasteiger partial charge on any atom is 0.235 e. The third-order valence-corrected chi connectivity index (χ3v) is 3.28. The Labute approximate surface area is 108 Å². The van der Waals surface area contributed by atoms with Gasteiger partial charge in [-0.25, -0.2) is 9.29 Å². The van der Waals surface area contributed by atoms with Gasteiger partial charge in [-0.3, -0.25) is 14.3 Å². The molecule has 0 bridgehead atoms. The number of nitrogens with zero attached hydrogens (tertiary/aromatic N) is 3. The fraction of sp³-hybridized carbons (Fsp3) is 0.308. The van der Waals surface area contributed by atoms with Crippen molar-refractivity contribution in [2.75, 3.05) is 4.90 Å². The fourth-order valence-corrected chi connectivity index (χ4v) is 2.37. The summed E-state index contributed by atoms with van der Waals surface area (Å²) in [5.74, 6) is -0.744. The Morgan fingerprint density at radius 2 is 1.89 bits per heavy atom. The molecule has 0 aliphatic carbocycles. The molecule has 2 aromatic rings. The smallest absolute Gasteiger partial charge is 0.235 e. The first kappa shape index (κ1) is 11.8. The molecule has 1 saturated heterocycles. The predicted octanol–water partition coefficient (Wildman–Crippen LogP) is 1.76. The van der Waals surface area contributed by atoms with Gasteiger partial charge in [0.15, 0.2) is 5.82 Å². The molecule has 1 fully saturated rings. The summed E-state index contributed by atoms with van der Waals surface area (Å²) < 4.78 is 14.9. The second-order valence-corrected chi connectivity index (χ2v) is 4.59. The lowest BCUT2D eigenvalue weighted by Gasteiger charge is -2.22. The molecule has 6 heteroatoms. The Morgan fingerprint density at radius 3 is 2.58 bits per heavy atom. The van der Waals surface area contributed by atoms with Gasteiger partial charge in [0, 0.05) is 25.3 Å². The largest absolute Gasteiger partial charge is 0.274 e. The highest BCUT2D eigenvalue weighted by molar-refractivity contribution is 6.19. The molecular formula is C13H12FN3O2. The zero-order chi connectivity index (χ0) is 13.6. The van der Waals surface area contributed by atoms with Crippen LogP contribution in [-0.2, 0) is 16.6 Å². The third kappa shape index (κ3) is 1.80.